The number of hydrogen-bond acceptors (Lipinski definition) is 3. The zero-order valence-electron chi connectivity index (χ0n) is 13.2. The predicted molar refractivity (Wildman–Crippen MR) is 87.2 cm³/mol. The van der Waals surface area contributed by atoms with E-state index >= 15 is 0 Å². The van der Waals surface area contributed by atoms with Crippen LogP contribution in [0.25, 0.3) is 0 Å². The molecule has 4 heteroatoms. The highest BCUT2D eigenvalue weighted by atomic mass is 16.1. The predicted octanol–water partition coefficient (Wildman–Crippen LogP) is 2.37. The van der Waals surface area contributed by atoms with Gasteiger partial charge in [0.1, 0.15) is 0 Å². The van der Waals surface area contributed by atoms with Crippen molar-refractivity contribution in [3.8, 4) is 0 Å². The molecule has 0 radical (unpaired) electrons. The van der Waals surface area contributed by atoms with Crippen molar-refractivity contribution in [3.63, 3.8) is 0 Å². The van der Waals surface area contributed by atoms with Gasteiger partial charge in [0.25, 0.3) is 0 Å². The molecule has 4 nitrogen and oxygen atoms in total. The van der Waals surface area contributed by atoms with Crippen molar-refractivity contribution in [3.05, 3.63) is 29.8 Å². The van der Waals surface area contributed by atoms with Crippen LogP contribution >= 0.6 is 0 Å². The Morgan fingerprint density at radius 3 is 2.38 bits per heavy atom. The van der Waals surface area contributed by atoms with Crippen LogP contribution in [0, 0.1) is 0 Å². The molecule has 0 saturated carbocycles. The van der Waals surface area contributed by atoms with Crippen molar-refractivity contribution in [2.75, 3.05) is 25.0 Å². The number of anilines is 1. The van der Waals surface area contributed by atoms with E-state index in [0.717, 1.165) is 13.0 Å². The Morgan fingerprint density at radius 2 is 1.86 bits per heavy atom. The molecule has 1 fully saturated rings. The Morgan fingerprint density at radius 1 is 1.24 bits per heavy atom. The van der Waals surface area contributed by atoms with Crippen LogP contribution in [0.1, 0.15) is 38.2 Å². The summed E-state index contributed by atoms with van der Waals surface area (Å²) in [5.74, 6) is -0.245. The molecule has 1 unspecified atom stereocenters. The first-order valence-electron chi connectivity index (χ1n) is 7.95. The quantitative estimate of drug-likeness (QED) is 0.874. The number of piperidine rings is 1. The largest absolute Gasteiger partial charge is 0.372 e. The van der Waals surface area contributed by atoms with Gasteiger partial charge in [-0.15, -0.1) is 0 Å². The highest BCUT2D eigenvalue weighted by Crippen LogP contribution is 2.21. The summed E-state index contributed by atoms with van der Waals surface area (Å²) in [6, 6.07) is 8.52. The fourth-order valence-electron chi connectivity index (χ4n) is 3.09. The van der Waals surface area contributed by atoms with Gasteiger partial charge in [0.15, 0.2) is 0 Å². The third-order valence-electron chi connectivity index (χ3n) is 4.34. The lowest BCUT2D eigenvalue weighted by Gasteiger charge is -2.29. The maximum absolute atomic E-state index is 11.4. The summed E-state index contributed by atoms with van der Waals surface area (Å²) in [5.41, 5.74) is 7.96. The van der Waals surface area contributed by atoms with E-state index in [4.69, 9.17) is 5.73 Å². The summed E-state index contributed by atoms with van der Waals surface area (Å²) in [5, 5.41) is 0. The molecule has 1 aliphatic heterocycles. The zero-order valence-corrected chi connectivity index (χ0v) is 13.2. The molecule has 1 aromatic carbocycles. The van der Waals surface area contributed by atoms with Gasteiger partial charge in [0.05, 0.1) is 6.04 Å². The molecule has 21 heavy (non-hydrogen) atoms. The van der Waals surface area contributed by atoms with Gasteiger partial charge in [-0.25, -0.2) is 0 Å². The first-order chi connectivity index (χ1) is 10.1. The molecule has 0 aromatic heterocycles. The molecule has 1 aliphatic rings. The van der Waals surface area contributed by atoms with Crippen molar-refractivity contribution in [1.82, 2.24) is 4.90 Å². The average Bonchev–Trinajstić information content (AvgIpc) is 2.49. The molecule has 1 atom stereocenters. The molecular weight excluding hydrogens is 262 g/mol. The Bertz CT molecular complexity index is 452. The summed E-state index contributed by atoms with van der Waals surface area (Å²) in [4.78, 5) is 15.9. The van der Waals surface area contributed by atoms with E-state index < -0.39 is 0 Å². The maximum atomic E-state index is 11.4. The van der Waals surface area contributed by atoms with Gasteiger partial charge in [-0.05, 0) is 50.4 Å². The van der Waals surface area contributed by atoms with Crippen molar-refractivity contribution in [1.29, 1.82) is 0 Å². The number of likely N-dealkylation sites (N-methyl/N-ethyl adjacent to an activating group) is 1. The second-order valence-electron chi connectivity index (χ2n) is 5.96. The van der Waals surface area contributed by atoms with Gasteiger partial charge in [0, 0.05) is 25.3 Å². The first kappa shape index (κ1) is 15.8. The number of hydrogen-bond donors (Lipinski definition) is 1. The number of primary amides is 1. The number of amides is 1. The van der Waals surface area contributed by atoms with E-state index in [0.29, 0.717) is 0 Å². The molecule has 0 spiro atoms. The van der Waals surface area contributed by atoms with Gasteiger partial charge in [-0.3, -0.25) is 9.69 Å². The Hall–Kier alpha value is -1.55. The van der Waals surface area contributed by atoms with E-state index in [1.807, 2.05) is 18.9 Å². The zero-order chi connectivity index (χ0) is 15.2. The Labute approximate surface area is 127 Å². The SMILES string of the molecule is CCC(C(N)=O)N(C)Cc1ccc(N2CCCCC2)cc1. The molecule has 0 aliphatic carbocycles. The topological polar surface area (TPSA) is 49.6 Å². The monoisotopic (exact) mass is 289 g/mol. The molecule has 2 N–H and O–H groups in total. The molecule has 1 amide bonds. The average molecular weight is 289 g/mol. The second-order valence-corrected chi connectivity index (χ2v) is 5.96. The van der Waals surface area contributed by atoms with Gasteiger partial charge in [-0.2, -0.15) is 0 Å². The van der Waals surface area contributed by atoms with Crippen LogP contribution in [0.4, 0.5) is 5.69 Å². The number of benzene rings is 1. The maximum Gasteiger partial charge on any atom is 0.234 e. The van der Waals surface area contributed by atoms with Crippen molar-refractivity contribution in [2.24, 2.45) is 5.73 Å². The lowest BCUT2D eigenvalue weighted by Crippen LogP contribution is -2.41. The molecule has 116 valence electrons. The van der Waals surface area contributed by atoms with Gasteiger partial charge in [-0.1, -0.05) is 19.1 Å². The van der Waals surface area contributed by atoms with Crippen LogP contribution in [-0.2, 0) is 11.3 Å². The van der Waals surface area contributed by atoms with Gasteiger partial charge >= 0.3 is 0 Å². The van der Waals surface area contributed by atoms with Gasteiger partial charge < -0.3 is 10.6 Å². The van der Waals surface area contributed by atoms with Crippen molar-refractivity contribution >= 4 is 11.6 Å². The van der Waals surface area contributed by atoms with Crippen LogP contribution < -0.4 is 10.6 Å². The van der Waals surface area contributed by atoms with E-state index in [-0.39, 0.29) is 11.9 Å². The van der Waals surface area contributed by atoms with Gasteiger partial charge in [0.2, 0.25) is 5.91 Å². The molecule has 2 rings (SSSR count). The number of carbonyl (C=O) groups is 1. The lowest BCUT2D eigenvalue weighted by atomic mass is 10.1. The van der Waals surface area contributed by atoms with Crippen LogP contribution in [0.15, 0.2) is 24.3 Å². The molecule has 1 saturated heterocycles. The number of rotatable bonds is 6. The van der Waals surface area contributed by atoms with Crippen LogP contribution in [0.5, 0.6) is 0 Å². The van der Waals surface area contributed by atoms with E-state index in [1.54, 1.807) is 0 Å². The Kier molecular flexibility index (Phi) is 5.62. The summed E-state index contributed by atoms with van der Waals surface area (Å²) >= 11 is 0. The standard InChI is InChI=1S/C17H27N3O/c1-3-16(17(18)21)19(2)13-14-7-9-15(10-8-14)20-11-5-4-6-12-20/h7-10,16H,3-6,11-13H2,1-2H3,(H2,18,21). The van der Waals surface area contributed by atoms with Crippen LogP contribution in [0.2, 0.25) is 0 Å². The smallest absolute Gasteiger partial charge is 0.234 e. The third kappa shape index (κ3) is 4.21. The van der Waals surface area contributed by atoms with Crippen LogP contribution in [-0.4, -0.2) is 37.0 Å². The summed E-state index contributed by atoms with van der Waals surface area (Å²) in [7, 11) is 1.96. The normalized spacial score (nSPS) is 17.0. The number of nitrogens with zero attached hydrogens (tertiary/aromatic N) is 2. The number of carbonyl (C=O) groups excluding carboxylic acids is 1. The highest BCUT2D eigenvalue weighted by molar-refractivity contribution is 5.79. The minimum Gasteiger partial charge on any atom is -0.372 e. The number of nitrogens with two attached hydrogens (primary N) is 1. The van der Waals surface area contributed by atoms with Crippen LogP contribution in [0.3, 0.4) is 0 Å². The molecular formula is C17H27N3O. The lowest BCUT2D eigenvalue weighted by molar-refractivity contribution is -0.123. The van der Waals surface area contributed by atoms with E-state index in [1.165, 1.54) is 43.6 Å². The Balaban J connectivity index is 1.97. The third-order valence-corrected chi connectivity index (χ3v) is 4.34. The minimum atomic E-state index is -0.245. The second kappa shape index (κ2) is 7.46. The fraction of sp³-hybridized carbons (Fsp3) is 0.588. The van der Waals surface area contributed by atoms with E-state index in [2.05, 4.69) is 29.2 Å². The highest BCUT2D eigenvalue weighted by Gasteiger charge is 2.18. The van der Waals surface area contributed by atoms with Crippen molar-refractivity contribution < 1.29 is 4.79 Å². The minimum absolute atomic E-state index is 0.188. The summed E-state index contributed by atoms with van der Waals surface area (Å²) in [6.07, 6.45) is 4.69. The molecule has 0 bridgehead atoms. The van der Waals surface area contributed by atoms with Crippen molar-refractivity contribution in [2.45, 2.75) is 45.2 Å². The fourth-order valence-corrected chi connectivity index (χ4v) is 3.09. The van der Waals surface area contributed by atoms with E-state index in [9.17, 15) is 4.79 Å². The molecule has 1 heterocycles. The molecule has 1 aromatic rings. The summed E-state index contributed by atoms with van der Waals surface area (Å²) < 4.78 is 0. The first-order valence-corrected chi connectivity index (χ1v) is 7.95. The summed E-state index contributed by atoms with van der Waals surface area (Å²) in [6.45, 7) is 5.07.